The number of benzene rings is 1. The number of carbonyl (C=O) groups excluding carboxylic acids is 1. The molecular weight excluding hydrogens is 198 g/mol. The summed E-state index contributed by atoms with van der Waals surface area (Å²) < 4.78 is 0. The van der Waals surface area contributed by atoms with Crippen molar-refractivity contribution in [3.63, 3.8) is 0 Å². The van der Waals surface area contributed by atoms with Crippen LogP contribution < -0.4 is 0 Å². The topological polar surface area (TPSA) is 30.0 Å². The molecule has 0 aliphatic heterocycles. The number of pyridine rings is 1. The van der Waals surface area contributed by atoms with Gasteiger partial charge in [0.2, 0.25) is 5.78 Å². The lowest BCUT2D eigenvalue weighted by Crippen LogP contribution is -2.05. The largest absolute Gasteiger partial charge is 0.287 e. The SMILES string of the molecule is Cc1ccc(C)c(C(=O)c2ccccn2)c1. The Hall–Kier alpha value is -1.96. The average molecular weight is 211 g/mol. The first-order valence-corrected chi connectivity index (χ1v) is 5.21. The summed E-state index contributed by atoms with van der Waals surface area (Å²) >= 11 is 0. The molecule has 2 aromatic rings. The Balaban J connectivity index is 2.46. The van der Waals surface area contributed by atoms with Crippen molar-refractivity contribution in [2.45, 2.75) is 13.8 Å². The summed E-state index contributed by atoms with van der Waals surface area (Å²) in [6.45, 7) is 3.92. The van der Waals surface area contributed by atoms with Gasteiger partial charge >= 0.3 is 0 Å². The quantitative estimate of drug-likeness (QED) is 0.715. The number of nitrogens with zero attached hydrogens (tertiary/aromatic N) is 1. The summed E-state index contributed by atoms with van der Waals surface area (Å²) in [6, 6.07) is 11.2. The highest BCUT2D eigenvalue weighted by atomic mass is 16.1. The zero-order chi connectivity index (χ0) is 11.5. The van der Waals surface area contributed by atoms with Gasteiger partial charge in [0.05, 0.1) is 0 Å². The molecule has 2 rings (SSSR count). The molecule has 1 aromatic heterocycles. The molecule has 16 heavy (non-hydrogen) atoms. The van der Waals surface area contributed by atoms with Gasteiger partial charge in [0.25, 0.3) is 0 Å². The van der Waals surface area contributed by atoms with Gasteiger partial charge in [0, 0.05) is 11.8 Å². The standard InChI is InChI=1S/C14H13NO/c1-10-6-7-11(2)12(9-10)14(16)13-5-3-4-8-15-13/h3-9H,1-2H3. The van der Waals surface area contributed by atoms with Crippen LogP contribution >= 0.6 is 0 Å². The van der Waals surface area contributed by atoms with E-state index < -0.39 is 0 Å². The van der Waals surface area contributed by atoms with Crippen molar-refractivity contribution < 1.29 is 4.79 Å². The van der Waals surface area contributed by atoms with Gasteiger partial charge in [0.15, 0.2) is 0 Å². The van der Waals surface area contributed by atoms with Crippen molar-refractivity contribution >= 4 is 5.78 Å². The third kappa shape index (κ3) is 2.01. The third-order valence-corrected chi connectivity index (χ3v) is 2.54. The molecular formula is C14H13NO. The Labute approximate surface area is 95.0 Å². The first-order valence-electron chi connectivity index (χ1n) is 5.21. The molecule has 80 valence electrons. The van der Waals surface area contributed by atoms with Crippen LogP contribution in [0.2, 0.25) is 0 Å². The molecule has 2 heteroatoms. The number of ketones is 1. The van der Waals surface area contributed by atoms with Crippen LogP contribution in [0.4, 0.5) is 0 Å². The van der Waals surface area contributed by atoms with Crippen LogP contribution in [-0.4, -0.2) is 10.8 Å². The lowest BCUT2D eigenvalue weighted by atomic mass is 10.00. The summed E-state index contributed by atoms with van der Waals surface area (Å²) in [5.41, 5.74) is 3.31. The Morgan fingerprint density at radius 1 is 1.12 bits per heavy atom. The lowest BCUT2D eigenvalue weighted by molar-refractivity contribution is 0.103. The van der Waals surface area contributed by atoms with Gasteiger partial charge in [-0.1, -0.05) is 23.8 Å². The number of hydrogen-bond acceptors (Lipinski definition) is 2. The maximum absolute atomic E-state index is 12.2. The highest BCUT2D eigenvalue weighted by molar-refractivity contribution is 6.08. The second kappa shape index (κ2) is 4.27. The summed E-state index contributed by atoms with van der Waals surface area (Å²) in [5.74, 6) is -0.0122. The normalized spacial score (nSPS) is 10.1. The molecule has 0 amide bonds. The van der Waals surface area contributed by atoms with Crippen molar-refractivity contribution in [2.75, 3.05) is 0 Å². The van der Waals surface area contributed by atoms with Crippen LogP contribution in [0.5, 0.6) is 0 Å². The van der Waals surface area contributed by atoms with Crippen LogP contribution in [-0.2, 0) is 0 Å². The average Bonchev–Trinajstić information content (AvgIpc) is 2.32. The molecule has 0 saturated heterocycles. The van der Waals surface area contributed by atoms with Gasteiger partial charge in [-0.05, 0) is 37.6 Å². The molecule has 0 radical (unpaired) electrons. The molecule has 0 N–H and O–H groups in total. The maximum Gasteiger partial charge on any atom is 0.211 e. The van der Waals surface area contributed by atoms with Crippen molar-refractivity contribution in [3.05, 3.63) is 65.0 Å². The summed E-state index contributed by atoms with van der Waals surface area (Å²) in [7, 11) is 0. The fourth-order valence-electron chi connectivity index (χ4n) is 1.62. The van der Waals surface area contributed by atoms with Gasteiger partial charge in [-0.25, -0.2) is 0 Å². The zero-order valence-corrected chi connectivity index (χ0v) is 9.40. The first kappa shape index (κ1) is 10.6. The van der Waals surface area contributed by atoms with E-state index in [4.69, 9.17) is 0 Å². The second-order valence-corrected chi connectivity index (χ2v) is 3.86. The minimum Gasteiger partial charge on any atom is -0.287 e. The fraction of sp³-hybridized carbons (Fsp3) is 0.143. The van der Waals surface area contributed by atoms with Crippen LogP contribution in [0.3, 0.4) is 0 Å². The van der Waals surface area contributed by atoms with E-state index in [0.717, 1.165) is 16.7 Å². The number of carbonyl (C=O) groups is 1. The van der Waals surface area contributed by atoms with Crippen molar-refractivity contribution in [2.24, 2.45) is 0 Å². The number of aromatic nitrogens is 1. The van der Waals surface area contributed by atoms with E-state index in [1.807, 2.05) is 38.1 Å². The van der Waals surface area contributed by atoms with Crippen molar-refractivity contribution in [1.29, 1.82) is 0 Å². The van der Waals surface area contributed by atoms with Gasteiger partial charge in [-0.2, -0.15) is 0 Å². The van der Waals surface area contributed by atoms with E-state index in [2.05, 4.69) is 4.98 Å². The molecule has 0 saturated carbocycles. The predicted molar refractivity (Wildman–Crippen MR) is 63.6 cm³/mol. The number of aryl methyl sites for hydroxylation is 2. The number of hydrogen-bond donors (Lipinski definition) is 0. The highest BCUT2D eigenvalue weighted by Crippen LogP contribution is 2.14. The molecule has 1 heterocycles. The van der Waals surface area contributed by atoms with E-state index in [9.17, 15) is 4.79 Å². The molecule has 0 atom stereocenters. The van der Waals surface area contributed by atoms with E-state index in [-0.39, 0.29) is 5.78 Å². The highest BCUT2D eigenvalue weighted by Gasteiger charge is 2.12. The van der Waals surface area contributed by atoms with Crippen molar-refractivity contribution in [1.82, 2.24) is 4.98 Å². The fourth-order valence-corrected chi connectivity index (χ4v) is 1.62. The van der Waals surface area contributed by atoms with E-state index >= 15 is 0 Å². The summed E-state index contributed by atoms with van der Waals surface area (Å²) in [5, 5.41) is 0. The molecule has 0 spiro atoms. The van der Waals surface area contributed by atoms with Gasteiger partial charge in [-0.3, -0.25) is 9.78 Å². The Bertz CT molecular complexity index is 518. The summed E-state index contributed by atoms with van der Waals surface area (Å²) in [6.07, 6.45) is 1.64. The first-order chi connectivity index (χ1) is 7.68. The molecule has 0 aliphatic carbocycles. The van der Waals surface area contributed by atoms with Gasteiger partial charge < -0.3 is 0 Å². The van der Waals surface area contributed by atoms with E-state index in [1.165, 1.54) is 0 Å². The molecule has 0 bridgehead atoms. The van der Waals surface area contributed by atoms with E-state index in [1.54, 1.807) is 18.3 Å². The van der Waals surface area contributed by atoms with E-state index in [0.29, 0.717) is 5.69 Å². The zero-order valence-electron chi connectivity index (χ0n) is 9.40. The van der Waals surface area contributed by atoms with Crippen LogP contribution in [0.25, 0.3) is 0 Å². The monoisotopic (exact) mass is 211 g/mol. The van der Waals surface area contributed by atoms with Crippen molar-refractivity contribution in [3.8, 4) is 0 Å². The summed E-state index contributed by atoms with van der Waals surface area (Å²) in [4.78, 5) is 16.2. The minimum atomic E-state index is -0.0122. The molecule has 0 aliphatic rings. The number of rotatable bonds is 2. The lowest BCUT2D eigenvalue weighted by Gasteiger charge is -2.05. The van der Waals surface area contributed by atoms with Gasteiger partial charge in [0.1, 0.15) is 5.69 Å². The van der Waals surface area contributed by atoms with Gasteiger partial charge in [-0.15, -0.1) is 0 Å². The van der Waals surface area contributed by atoms with Crippen LogP contribution in [0, 0.1) is 13.8 Å². The maximum atomic E-state index is 12.2. The Morgan fingerprint density at radius 3 is 2.62 bits per heavy atom. The smallest absolute Gasteiger partial charge is 0.211 e. The van der Waals surface area contributed by atoms with Crippen LogP contribution in [0.15, 0.2) is 42.6 Å². The molecule has 0 unspecified atom stereocenters. The predicted octanol–water partition coefficient (Wildman–Crippen LogP) is 2.93. The minimum absolute atomic E-state index is 0.0122. The molecule has 0 fully saturated rings. The second-order valence-electron chi connectivity index (χ2n) is 3.86. The molecule has 2 nitrogen and oxygen atoms in total. The third-order valence-electron chi connectivity index (χ3n) is 2.54. The van der Waals surface area contributed by atoms with Crippen LogP contribution in [0.1, 0.15) is 27.2 Å². The molecule has 1 aromatic carbocycles. The Kier molecular flexibility index (Phi) is 2.82. The Morgan fingerprint density at radius 2 is 1.94 bits per heavy atom.